The second-order valence-corrected chi connectivity index (χ2v) is 6.96. The number of piperidine rings is 1. The first-order valence-corrected chi connectivity index (χ1v) is 9.16. The van der Waals surface area contributed by atoms with Crippen LogP contribution >= 0.6 is 0 Å². The summed E-state index contributed by atoms with van der Waals surface area (Å²) in [6.45, 7) is 3.64. The maximum Gasteiger partial charge on any atom is 0.238 e. The summed E-state index contributed by atoms with van der Waals surface area (Å²) in [7, 11) is 0. The number of likely N-dealkylation sites (tertiary alicyclic amines) is 1. The molecular formula is C21H25N3O3. The molecule has 3 N–H and O–H groups in total. The number of carbonyl (C=O) groups is 2. The van der Waals surface area contributed by atoms with Crippen LogP contribution in [0.2, 0.25) is 0 Å². The zero-order valence-corrected chi connectivity index (χ0v) is 15.5. The van der Waals surface area contributed by atoms with Crippen LogP contribution in [0.25, 0.3) is 0 Å². The first kappa shape index (κ1) is 18.9. The first-order chi connectivity index (χ1) is 13.0. The van der Waals surface area contributed by atoms with Crippen molar-refractivity contribution in [2.75, 3.05) is 25.0 Å². The van der Waals surface area contributed by atoms with E-state index in [4.69, 9.17) is 10.5 Å². The highest BCUT2D eigenvalue weighted by Crippen LogP contribution is 2.23. The molecule has 0 aromatic heterocycles. The number of hydrogen-bond acceptors (Lipinski definition) is 4. The second kappa shape index (κ2) is 8.68. The minimum Gasteiger partial charge on any atom is -0.457 e. The van der Waals surface area contributed by atoms with Crippen molar-refractivity contribution in [1.82, 2.24) is 4.90 Å². The normalized spacial score (nSPS) is 17.3. The Balaban J connectivity index is 1.51. The van der Waals surface area contributed by atoms with Crippen LogP contribution in [0.3, 0.4) is 0 Å². The second-order valence-electron chi connectivity index (χ2n) is 6.96. The minimum absolute atomic E-state index is 0.104. The van der Waals surface area contributed by atoms with Crippen molar-refractivity contribution in [3.63, 3.8) is 0 Å². The molecule has 2 aromatic rings. The van der Waals surface area contributed by atoms with Gasteiger partial charge < -0.3 is 15.8 Å². The highest BCUT2D eigenvalue weighted by molar-refractivity contribution is 5.92. The third-order valence-corrected chi connectivity index (χ3v) is 4.67. The Bertz CT molecular complexity index is 787. The summed E-state index contributed by atoms with van der Waals surface area (Å²) in [5.41, 5.74) is 7.27. The Morgan fingerprint density at radius 1 is 1.11 bits per heavy atom. The number of ether oxygens (including phenoxy) is 1. The number of primary amides is 1. The number of nitrogens with one attached hydrogen (secondary N) is 1. The van der Waals surface area contributed by atoms with E-state index in [1.807, 2.05) is 60.4 Å². The third kappa shape index (κ3) is 5.56. The molecule has 1 fully saturated rings. The zero-order valence-electron chi connectivity index (χ0n) is 15.5. The van der Waals surface area contributed by atoms with E-state index in [-0.39, 0.29) is 24.3 Å². The summed E-state index contributed by atoms with van der Waals surface area (Å²) in [4.78, 5) is 25.6. The van der Waals surface area contributed by atoms with Crippen LogP contribution in [0.15, 0.2) is 48.5 Å². The van der Waals surface area contributed by atoms with Gasteiger partial charge in [-0.25, -0.2) is 0 Å². The predicted octanol–water partition coefficient (Wildman–Crippen LogP) is 2.92. The van der Waals surface area contributed by atoms with Crippen LogP contribution < -0.4 is 15.8 Å². The molecular weight excluding hydrogens is 342 g/mol. The van der Waals surface area contributed by atoms with Gasteiger partial charge in [-0.3, -0.25) is 14.5 Å². The van der Waals surface area contributed by atoms with Crippen LogP contribution in [0.4, 0.5) is 5.69 Å². The van der Waals surface area contributed by atoms with E-state index in [1.165, 1.54) is 5.56 Å². The maximum absolute atomic E-state index is 12.3. The molecule has 0 aliphatic carbocycles. The Kier molecular flexibility index (Phi) is 6.08. The summed E-state index contributed by atoms with van der Waals surface area (Å²) in [5.74, 6) is 0.921. The van der Waals surface area contributed by atoms with Gasteiger partial charge in [0.1, 0.15) is 11.5 Å². The van der Waals surface area contributed by atoms with Crippen LogP contribution in [0.5, 0.6) is 11.5 Å². The van der Waals surface area contributed by atoms with Gasteiger partial charge in [-0.1, -0.05) is 17.7 Å². The minimum atomic E-state index is -0.288. The number of nitrogens with two attached hydrogens (primary N) is 1. The molecule has 1 heterocycles. The van der Waals surface area contributed by atoms with E-state index in [2.05, 4.69) is 5.32 Å². The highest BCUT2D eigenvalue weighted by atomic mass is 16.5. The molecule has 6 nitrogen and oxygen atoms in total. The summed E-state index contributed by atoms with van der Waals surface area (Å²) in [6.07, 6.45) is 1.68. The lowest BCUT2D eigenvalue weighted by atomic mass is 9.97. The molecule has 0 spiro atoms. The van der Waals surface area contributed by atoms with Gasteiger partial charge in [0.15, 0.2) is 0 Å². The Morgan fingerprint density at radius 2 is 1.74 bits per heavy atom. The third-order valence-electron chi connectivity index (χ3n) is 4.67. The van der Waals surface area contributed by atoms with Crippen molar-refractivity contribution in [2.24, 2.45) is 11.7 Å². The molecule has 0 bridgehead atoms. The van der Waals surface area contributed by atoms with E-state index in [0.29, 0.717) is 18.0 Å². The van der Waals surface area contributed by atoms with Crippen LogP contribution in [0, 0.1) is 12.8 Å². The quantitative estimate of drug-likeness (QED) is 0.822. The van der Waals surface area contributed by atoms with E-state index < -0.39 is 0 Å². The molecule has 2 amide bonds. The lowest BCUT2D eigenvalue weighted by molar-refractivity contribution is -0.125. The molecule has 6 heteroatoms. The lowest BCUT2D eigenvalue weighted by Gasteiger charge is -2.30. The highest BCUT2D eigenvalue weighted by Gasteiger charge is 2.25. The fraction of sp³-hybridized carbons (Fsp3) is 0.333. The fourth-order valence-corrected chi connectivity index (χ4v) is 3.18. The molecule has 1 aliphatic rings. The van der Waals surface area contributed by atoms with Gasteiger partial charge in [0.2, 0.25) is 11.8 Å². The SMILES string of the molecule is Cc1ccc(Oc2ccc(NC(=O)CN3CCC[C@H](C(N)=O)C3)cc2)cc1. The van der Waals surface area contributed by atoms with Crippen LogP contribution in [0.1, 0.15) is 18.4 Å². The predicted molar refractivity (Wildman–Crippen MR) is 105 cm³/mol. The fourth-order valence-electron chi connectivity index (χ4n) is 3.18. The summed E-state index contributed by atoms with van der Waals surface area (Å²) >= 11 is 0. The van der Waals surface area contributed by atoms with Gasteiger partial charge in [-0.15, -0.1) is 0 Å². The molecule has 0 radical (unpaired) electrons. The number of benzene rings is 2. The molecule has 3 rings (SSSR count). The Hall–Kier alpha value is -2.86. The molecule has 2 aromatic carbocycles. The van der Waals surface area contributed by atoms with Crippen molar-refractivity contribution < 1.29 is 14.3 Å². The van der Waals surface area contributed by atoms with Gasteiger partial charge in [0.05, 0.1) is 12.5 Å². The number of amides is 2. The van der Waals surface area contributed by atoms with Crippen LogP contribution in [-0.4, -0.2) is 36.3 Å². The van der Waals surface area contributed by atoms with Gasteiger partial charge in [-0.05, 0) is 62.7 Å². The van der Waals surface area contributed by atoms with Crippen molar-refractivity contribution in [1.29, 1.82) is 0 Å². The van der Waals surface area contributed by atoms with E-state index in [1.54, 1.807) is 0 Å². The smallest absolute Gasteiger partial charge is 0.238 e. The topological polar surface area (TPSA) is 84.7 Å². The van der Waals surface area contributed by atoms with Gasteiger partial charge in [0, 0.05) is 12.2 Å². The lowest BCUT2D eigenvalue weighted by Crippen LogP contribution is -2.44. The molecule has 142 valence electrons. The molecule has 0 unspecified atom stereocenters. The molecule has 27 heavy (non-hydrogen) atoms. The van der Waals surface area contributed by atoms with Crippen molar-refractivity contribution >= 4 is 17.5 Å². The Labute approximate surface area is 159 Å². The van der Waals surface area contributed by atoms with E-state index in [9.17, 15) is 9.59 Å². The Morgan fingerprint density at radius 3 is 2.37 bits per heavy atom. The zero-order chi connectivity index (χ0) is 19.2. The molecule has 0 saturated carbocycles. The number of nitrogens with zero attached hydrogens (tertiary/aromatic N) is 1. The maximum atomic E-state index is 12.3. The standard InChI is InChI=1S/C21H25N3O3/c1-15-4-8-18(9-5-15)27-19-10-6-17(7-11-19)23-20(25)14-24-12-2-3-16(13-24)21(22)26/h4-11,16H,2-3,12-14H2,1H3,(H2,22,26)(H,23,25)/t16-/m0/s1. The van der Waals surface area contributed by atoms with E-state index >= 15 is 0 Å². The average Bonchev–Trinajstić information content (AvgIpc) is 2.65. The summed E-state index contributed by atoms with van der Waals surface area (Å²) in [5, 5.41) is 2.88. The van der Waals surface area contributed by atoms with E-state index in [0.717, 1.165) is 25.1 Å². The molecule has 1 atom stereocenters. The van der Waals surface area contributed by atoms with Crippen molar-refractivity contribution in [3.05, 3.63) is 54.1 Å². The van der Waals surface area contributed by atoms with Gasteiger partial charge >= 0.3 is 0 Å². The number of carbonyl (C=O) groups excluding carboxylic acids is 2. The summed E-state index contributed by atoms with van der Waals surface area (Å²) in [6, 6.07) is 15.1. The van der Waals surface area contributed by atoms with Gasteiger partial charge in [0.25, 0.3) is 0 Å². The van der Waals surface area contributed by atoms with Gasteiger partial charge in [-0.2, -0.15) is 0 Å². The molecule has 1 saturated heterocycles. The number of hydrogen-bond donors (Lipinski definition) is 2. The average molecular weight is 367 g/mol. The molecule has 1 aliphatic heterocycles. The van der Waals surface area contributed by atoms with Crippen molar-refractivity contribution in [2.45, 2.75) is 19.8 Å². The number of rotatable bonds is 6. The largest absolute Gasteiger partial charge is 0.457 e. The first-order valence-electron chi connectivity index (χ1n) is 9.16. The number of anilines is 1. The number of aryl methyl sites for hydroxylation is 1. The summed E-state index contributed by atoms with van der Waals surface area (Å²) < 4.78 is 5.78. The van der Waals surface area contributed by atoms with Crippen LogP contribution in [-0.2, 0) is 9.59 Å². The van der Waals surface area contributed by atoms with Crippen molar-refractivity contribution in [3.8, 4) is 11.5 Å². The monoisotopic (exact) mass is 367 g/mol.